The molecule has 1 fully saturated rings. The van der Waals surface area contributed by atoms with Crippen LogP contribution in [0.15, 0.2) is 4.99 Å². The van der Waals surface area contributed by atoms with E-state index in [0.29, 0.717) is 16.8 Å². The Bertz CT molecular complexity index is 269. The quantitative estimate of drug-likeness (QED) is 0.758. The van der Waals surface area contributed by atoms with Gasteiger partial charge in [-0.1, -0.05) is 37.9 Å². The van der Waals surface area contributed by atoms with E-state index >= 15 is 0 Å². The maximum absolute atomic E-state index is 4.74. The third-order valence-electron chi connectivity index (χ3n) is 3.69. The van der Waals surface area contributed by atoms with Crippen LogP contribution < -0.4 is 5.32 Å². The van der Waals surface area contributed by atoms with Gasteiger partial charge < -0.3 is 5.32 Å². The molecule has 1 saturated carbocycles. The number of amidine groups is 1. The van der Waals surface area contributed by atoms with E-state index in [1.807, 2.05) is 11.8 Å². The second-order valence-corrected chi connectivity index (χ2v) is 7.12. The summed E-state index contributed by atoms with van der Waals surface area (Å²) in [7, 11) is 0. The molecule has 1 aliphatic carbocycles. The van der Waals surface area contributed by atoms with Crippen molar-refractivity contribution in [1.29, 1.82) is 0 Å². The first-order chi connectivity index (χ1) is 7.57. The number of hydrogen-bond acceptors (Lipinski definition) is 3. The van der Waals surface area contributed by atoms with Crippen molar-refractivity contribution in [2.24, 2.45) is 4.99 Å². The molecule has 0 aromatic heterocycles. The van der Waals surface area contributed by atoms with Crippen molar-refractivity contribution in [3.8, 4) is 0 Å². The van der Waals surface area contributed by atoms with Gasteiger partial charge >= 0.3 is 0 Å². The van der Waals surface area contributed by atoms with Crippen molar-refractivity contribution in [1.82, 2.24) is 5.32 Å². The van der Waals surface area contributed by atoms with Gasteiger partial charge in [-0.2, -0.15) is 0 Å². The molecule has 0 spiro atoms. The van der Waals surface area contributed by atoms with E-state index in [1.165, 1.54) is 43.7 Å². The summed E-state index contributed by atoms with van der Waals surface area (Å²) in [5.74, 6) is 0. The zero-order valence-electron chi connectivity index (χ0n) is 10.8. The molecule has 0 amide bonds. The zero-order chi connectivity index (χ0) is 11.6. The van der Waals surface area contributed by atoms with Gasteiger partial charge in [0.15, 0.2) is 5.17 Å². The number of nitrogens with one attached hydrogen (secondary N) is 1. The minimum Gasteiger partial charge on any atom is -0.360 e. The highest BCUT2D eigenvalue weighted by Gasteiger charge is 2.29. The molecule has 2 aliphatic rings. The molecule has 0 aromatic rings. The Morgan fingerprint density at radius 2 is 1.94 bits per heavy atom. The van der Waals surface area contributed by atoms with Gasteiger partial charge in [-0.05, 0) is 33.1 Å². The summed E-state index contributed by atoms with van der Waals surface area (Å²) >= 11 is 1.92. The Hall–Kier alpha value is -0.180. The third kappa shape index (κ3) is 3.16. The van der Waals surface area contributed by atoms with Crippen LogP contribution in [0.25, 0.3) is 0 Å². The van der Waals surface area contributed by atoms with E-state index in [-0.39, 0.29) is 0 Å². The van der Waals surface area contributed by atoms with E-state index in [1.54, 1.807) is 0 Å². The summed E-state index contributed by atoms with van der Waals surface area (Å²) in [6, 6.07) is 0.492. The van der Waals surface area contributed by atoms with Crippen molar-refractivity contribution >= 4 is 16.9 Å². The smallest absolute Gasteiger partial charge is 0.157 e. The van der Waals surface area contributed by atoms with Crippen molar-refractivity contribution in [3.05, 3.63) is 0 Å². The minimum absolute atomic E-state index is 0.306. The third-order valence-corrected chi connectivity index (χ3v) is 4.71. The first-order valence-electron chi connectivity index (χ1n) is 6.60. The van der Waals surface area contributed by atoms with Crippen LogP contribution in [-0.2, 0) is 0 Å². The lowest BCUT2D eigenvalue weighted by molar-refractivity contribution is 0.292. The van der Waals surface area contributed by atoms with E-state index in [0.717, 1.165) is 0 Å². The van der Waals surface area contributed by atoms with Crippen LogP contribution in [0, 0.1) is 0 Å². The Kier molecular flexibility index (Phi) is 3.83. The molecule has 0 bridgehead atoms. The van der Waals surface area contributed by atoms with E-state index in [4.69, 9.17) is 4.99 Å². The summed E-state index contributed by atoms with van der Waals surface area (Å²) in [6.07, 6.45) is 7.96. The standard InChI is InChI=1S/C13H24N2S/c1-10-9-11(2)16-12(14-10)15-13(3)7-5-4-6-8-13/h10-11H,4-9H2,1-3H3,(H,14,15). The molecule has 2 atom stereocenters. The summed E-state index contributed by atoms with van der Waals surface area (Å²) in [6.45, 7) is 6.89. The second-order valence-electron chi connectivity index (χ2n) is 5.69. The van der Waals surface area contributed by atoms with Gasteiger partial charge in [-0.25, -0.2) is 0 Å². The molecule has 92 valence electrons. The molecule has 0 saturated heterocycles. The van der Waals surface area contributed by atoms with E-state index < -0.39 is 0 Å². The lowest BCUT2D eigenvalue weighted by atomic mass is 9.83. The number of nitrogens with zero attached hydrogens (tertiary/aromatic N) is 1. The molecule has 0 aromatic carbocycles. The number of thioether (sulfide) groups is 1. The minimum atomic E-state index is 0.306. The number of aliphatic imine (C=N–C) groups is 1. The summed E-state index contributed by atoms with van der Waals surface area (Å²) in [4.78, 5) is 4.74. The molecule has 1 aliphatic heterocycles. The molecular weight excluding hydrogens is 216 g/mol. The Morgan fingerprint density at radius 1 is 1.25 bits per heavy atom. The predicted octanol–water partition coefficient (Wildman–Crippen LogP) is 3.57. The van der Waals surface area contributed by atoms with E-state index in [2.05, 4.69) is 26.1 Å². The normalized spacial score (nSPS) is 34.3. The van der Waals surface area contributed by atoms with Gasteiger partial charge in [0.25, 0.3) is 0 Å². The number of hydrogen-bond donors (Lipinski definition) is 1. The lowest BCUT2D eigenvalue weighted by Crippen LogP contribution is -2.47. The average Bonchev–Trinajstić information content (AvgIpc) is 2.15. The maximum Gasteiger partial charge on any atom is 0.157 e. The molecular formula is C13H24N2S. The fourth-order valence-corrected chi connectivity index (χ4v) is 4.08. The Balaban J connectivity index is 1.97. The van der Waals surface area contributed by atoms with Crippen LogP contribution in [0.1, 0.15) is 59.3 Å². The van der Waals surface area contributed by atoms with Crippen molar-refractivity contribution in [2.45, 2.75) is 76.1 Å². The molecule has 2 unspecified atom stereocenters. The van der Waals surface area contributed by atoms with Gasteiger partial charge in [0.05, 0.1) is 6.04 Å². The summed E-state index contributed by atoms with van der Waals surface area (Å²) < 4.78 is 0. The van der Waals surface area contributed by atoms with Crippen LogP contribution in [0.2, 0.25) is 0 Å². The highest BCUT2D eigenvalue weighted by molar-refractivity contribution is 8.14. The molecule has 2 nitrogen and oxygen atoms in total. The molecule has 2 rings (SSSR count). The van der Waals surface area contributed by atoms with Crippen LogP contribution in [-0.4, -0.2) is 22.0 Å². The largest absolute Gasteiger partial charge is 0.360 e. The average molecular weight is 240 g/mol. The summed E-state index contributed by atoms with van der Waals surface area (Å²) in [5, 5.41) is 5.61. The fraction of sp³-hybridized carbons (Fsp3) is 0.923. The molecule has 16 heavy (non-hydrogen) atoms. The van der Waals surface area contributed by atoms with Crippen LogP contribution in [0.3, 0.4) is 0 Å². The van der Waals surface area contributed by atoms with Crippen LogP contribution in [0.5, 0.6) is 0 Å². The van der Waals surface area contributed by atoms with E-state index in [9.17, 15) is 0 Å². The molecule has 0 radical (unpaired) electrons. The SMILES string of the molecule is CC1CC(C)SC(NC2(C)CCCCC2)=N1. The molecule has 3 heteroatoms. The monoisotopic (exact) mass is 240 g/mol. The zero-order valence-corrected chi connectivity index (χ0v) is 11.6. The van der Waals surface area contributed by atoms with Gasteiger partial charge in [0.1, 0.15) is 0 Å². The highest BCUT2D eigenvalue weighted by atomic mass is 32.2. The molecule has 1 heterocycles. The van der Waals surface area contributed by atoms with Gasteiger partial charge in [0.2, 0.25) is 0 Å². The number of rotatable bonds is 1. The maximum atomic E-state index is 4.74. The lowest BCUT2D eigenvalue weighted by Gasteiger charge is -2.37. The second kappa shape index (κ2) is 4.99. The predicted molar refractivity (Wildman–Crippen MR) is 73.2 cm³/mol. The van der Waals surface area contributed by atoms with Crippen molar-refractivity contribution < 1.29 is 0 Å². The van der Waals surface area contributed by atoms with Gasteiger partial charge in [-0.15, -0.1) is 0 Å². The van der Waals surface area contributed by atoms with Crippen LogP contribution in [0.4, 0.5) is 0 Å². The highest BCUT2D eigenvalue weighted by Crippen LogP contribution is 2.31. The first-order valence-corrected chi connectivity index (χ1v) is 7.48. The van der Waals surface area contributed by atoms with Crippen LogP contribution >= 0.6 is 11.8 Å². The Labute approximate surface area is 104 Å². The van der Waals surface area contributed by atoms with Gasteiger partial charge in [-0.3, -0.25) is 4.99 Å². The fourth-order valence-electron chi connectivity index (χ4n) is 2.78. The first kappa shape index (κ1) is 12.3. The topological polar surface area (TPSA) is 24.4 Å². The molecule has 1 N–H and O–H groups in total. The van der Waals surface area contributed by atoms with Crippen molar-refractivity contribution in [2.75, 3.05) is 0 Å². The van der Waals surface area contributed by atoms with Crippen molar-refractivity contribution in [3.63, 3.8) is 0 Å². The summed E-state index contributed by atoms with van der Waals surface area (Å²) in [5.41, 5.74) is 0.306. The van der Waals surface area contributed by atoms with Gasteiger partial charge in [0, 0.05) is 10.8 Å². The Morgan fingerprint density at radius 3 is 2.56 bits per heavy atom.